The molecule has 10 heavy (non-hydrogen) atoms. The summed E-state index contributed by atoms with van der Waals surface area (Å²) in [6, 6.07) is -0.930. The average Bonchev–Trinajstić information content (AvgIpc) is 1.60. The summed E-state index contributed by atoms with van der Waals surface area (Å²) in [6.45, 7) is -2.67. The molecule has 1 unspecified atom stereocenters. The SMILES string of the molecule is CC(NP([O-])([O-])=S)C(N)=O. The minimum Gasteiger partial charge on any atom is -0.821 e. The number of nitrogens with one attached hydrogen (secondary N) is 1. The van der Waals surface area contributed by atoms with Crippen LogP contribution in [0, 0.1) is 0 Å². The van der Waals surface area contributed by atoms with Crippen molar-refractivity contribution in [1.29, 1.82) is 0 Å². The first kappa shape index (κ1) is 10.0. The minimum atomic E-state index is -3.99. The van der Waals surface area contributed by atoms with Crippen molar-refractivity contribution in [1.82, 2.24) is 5.09 Å². The second-order valence-electron chi connectivity index (χ2n) is 1.75. The van der Waals surface area contributed by atoms with E-state index in [-0.39, 0.29) is 0 Å². The predicted octanol–water partition coefficient (Wildman–Crippen LogP) is -2.61. The van der Waals surface area contributed by atoms with Crippen LogP contribution in [0.1, 0.15) is 6.92 Å². The molecule has 0 saturated carbocycles. The van der Waals surface area contributed by atoms with E-state index in [2.05, 4.69) is 11.8 Å². The smallest absolute Gasteiger partial charge is 0.234 e. The maximum absolute atomic E-state index is 10.3. The summed E-state index contributed by atoms with van der Waals surface area (Å²) in [6.07, 6.45) is 0. The molecule has 0 aliphatic rings. The second-order valence-corrected chi connectivity index (χ2v) is 4.45. The molecule has 0 fully saturated rings. The van der Waals surface area contributed by atoms with Crippen LogP contribution >= 0.6 is 6.64 Å². The second kappa shape index (κ2) is 3.41. The van der Waals surface area contributed by atoms with Crippen molar-refractivity contribution in [2.45, 2.75) is 13.0 Å². The van der Waals surface area contributed by atoms with Crippen LogP contribution in [0.5, 0.6) is 0 Å². The van der Waals surface area contributed by atoms with Crippen LogP contribution in [0.15, 0.2) is 0 Å². The van der Waals surface area contributed by atoms with Gasteiger partial charge in [-0.2, -0.15) is 6.64 Å². The summed E-state index contributed by atoms with van der Waals surface area (Å²) in [4.78, 5) is 30.8. The first-order valence-electron chi connectivity index (χ1n) is 2.42. The van der Waals surface area contributed by atoms with Crippen molar-refractivity contribution in [3.05, 3.63) is 0 Å². The quantitative estimate of drug-likeness (QED) is 0.466. The number of hydrogen-bond donors (Lipinski definition) is 2. The van der Waals surface area contributed by atoms with E-state index in [9.17, 15) is 14.6 Å². The van der Waals surface area contributed by atoms with Gasteiger partial charge in [-0.1, -0.05) is 0 Å². The Morgan fingerprint density at radius 2 is 2.20 bits per heavy atom. The molecule has 0 spiro atoms. The highest BCUT2D eigenvalue weighted by molar-refractivity contribution is 8.06. The van der Waals surface area contributed by atoms with E-state index in [1.807, 2.05) is 5.09 Å². The number of amides is 1. The van der Waals surface area contributed by atoms with Crippen LogP contribution in [0.3, 0.4) is 0 Å². The van der Waals surface area contributed by atoms with E-state index < -0.39 is 18.6 Å². The molecule has 0 saturated heterocycles. The number of carbonyl (C=O) groups excluding carboxylic acids is 1. The monoisotopic (exact) mass is 182 g/mol. The van der Waals surface area contributed by atoms with Crippen molar-refractivity contribution >= 4 is 24.4 Å². The van der Waals surface area contributed by atoms with E-state index in [0.717, 1.165) is 0 Å². The minimum absolute atomic E-state index is 0.749. The van der Waals surface area contributed by atoms with Crippen LogP contribution in [-0.2, 0) is 16.6 Å². The normalized spacial score (nSPS) is 14.7. The molecule has 0 aromatic heterocycles. The maximum atomic E-state index is 10.3. The number of carbonyl (C=O) groups is 1. The third-order valence-corrected chi connectivity index (χ3v) is 1.80. The van der Waals surface area contributed by atoms with Gasteiger partial charge in [0.15, 0.2) is 0 Å². The Morgan fingerprint density at radius 1 is 1.80 bits per heavy atom. The van der Waals surface area contributed by atoms with Gasteiger partial charge in [0, 0.05) is 0 Å². The fraction of sp³-hybridized carbons (Fsp3) is 0.667. The predicted molar refractivity (Wildman–Crippen MR) is 36.1 cm³/mol. The van der Waals surface area contributed by atoms with Gasteiger partial charge in [-0.3, -0.25) is 4.79 Å². The standard InChI is InChI=1S/C3H9N2O3PS/c1-2(3(4)6)5-9(7,8)10/h2H,1H3,(H2,4,6)(H3,5,7,8,10)/p-2. The lowest BCUT2D eigenvalue weighted by molar-refractivity contribution is -0.299. The lowest BCUT2D eigenvalue weighted by atomic mass is 10.4. The van der Waals surface area contributed by atoms with E-state index in [4.69, 9.17) is 5.73 Å². The van der Waals surface area contributed by atoms with Gasteiger partial charge in [0.25, 0.3) is 0 Å². The summed E-state index contributed by atoms with van der Waals surface area (Å²) in [5.41, 5.74) is 4.74. The number of rotatable bonds is 3. The Balaban J connectivity index is 3.93. The highest BCUT2D eigenvalue weighted by atomic mass is 32.5. The fourth-order valence-electron chi connectivity index (χ4n) is 0.301. The zero-order valence-corrected chi connectivity index (χ0v) is 6.95. The molecule has 7 heteroatoms. The van der Waals surface area contributed by atoms with Gasteiger partial charge in [0.05, 0.1) is 6.04 Å². The van der Waals surface area contributed by atoms with Crippen molar-refractivity contribution in [2.75, 3.05) is 0 Å². The Morgan fingerprint density at radius 3 is 2.30 bits per heavy atom. The molecule has 0 aromatic carbocycles. The van der Waals surface area contributed by atoms with Crippen molar-refractivity contribution in [3.8, 4) is 0 Å². The van der Waals surface area contributed by atoms with Gasteiger partial charge < -0.3 is 20.6 Å². The van der Waals surface area contributed by atoms with Crippen molar-refractivity contribution in [2.24, 2.45) is 5.73 Å². The average molecular weight is 182 g/mol. The lowest BCUT2D eigenvalue weighted by Gasteiger charge is -2.37. The highest BCUT2D eigenvalue weighted by Crippen LogP contribution is 2.16. The largest absolute Gasteiger partial charge is 0.821 e. The summed E-state index contributed by atoms with van der Waals surface area (Å²) in [5, 5.41) is 1.86. The zero-order chi connectivity index (χ0) is 8.36. The van der Waals surface area contributed by atoms with Gasteiger partial charge in [-0.25, -0.2) is 0 Å². The maximum Gasteiger partial charge on any atom is 0.234 e. The number of hydrogen-bond acceptors (Lipinski definition) is 4. The Kier molecular flexibility index (Phi) is 3.41. The van der Waals surface area contributed by atoms with Gasteiger partial charge in [0.2, 0.25) is 5.91 Å². The van der Waals surface area contributed by atoms with Gasteiger partial charge >= 0.3 is 0 Å². The summed E-state index contributed by atoms with van der Waals surface area (Å²) >= 11 is 3.96. The number of primary amides is 1. The van der Waals surface area contributed by atoms with E-state index in [1.54, 1.807) is 0 Å². The van der Waals surface area contributed by atoms with Crippen molar-refractivity contribution in [3.63, 3.8) is 0 Å². The lowest BCUT2D eigenvalue weighted by Crippen LogP contribution is -2.41. The fourth-order valence-corrected chi connectivity index (χ4v) is 1.38. The first-order chi connectivity index (χ1) is 4.33. The van der Waals surface area contributed by atoms with Gasteiger partial charge in [0.1, 0.15) is 0 Å². The summed E-state index contributed by atoms with van der Waals surface area (Å²) < 4.78 is 0. The molecular formula is C3H7N2O3PS-2. The summed E-state index contributed by atoms with van der Waals surface area (Å²) in [7, 11) is 0. The van der Waals surface area contributed by atoms with E-state index in [0.29, 0.717) is 0 Å². The molecule has 0 heterocycles. The Bertz CT molecular complexity index is 179. The molecule has 3 N–H and O–H groups in total. The van der Waals surface area contributed by atoms with Crippen LogP contribution in [-0.4, -0.2) is 11.9 Å². The third kappa shape index (κ3) is 4.84. The Hall–Kier alpha value is 0. The van der Waals surface area contributed by atoms with Crippen molar-refractivity contribution < 1.29 is 14.6 Å². The molecule has 0 aliphatic heterocycles. The zero-order valence-electron chi connectivity index (χ0n) is 5.23. The van der Waals surface area contributed by atoms with Crippen LogP contribution in [0.4, 0.5) is 0 Å². The molecule has 0 rings (SSSR count). The third-order valence-electron chi connectivity index (χ3n) is 0.779. The first-order valence-corrected chi connectivity index (χ1v) is 5.06. The van der Waals surface area contributed by atoms with Gasteiger partial charge in [-0.05, 0) is 6.92 Å². The Labute approximate surface area is 63.5 Å². The van der Waals surface area contributed by atoms with Crippen LogP contribution < -0.4 is 20.6 Å². The number of nitrogens with two attached hydrogens (primary N) is 1. The molecule has 5 nitrogen and oxygen atoms in total. The molecule has 1 atom stereocenters. The van der Waals surface area contributed by atoms with Crippen LogP contribution in [0.2, 0.25) is 0 Å². The van der Waals surface area contributed by atoms with E-state index in [1.165, 1.54) is 6.92 Å². The molecule has 0 radical (unpaired) electrons. The summed E-state index contributed by atoms with van der Waals surface area (Å²) in [5.74, 6) is -0.749. The molecule has 0 aromatic rings. The molecule has 0 bridgehead atoms. The highest BCUT2D eigenvalue weighted by Gasteiger charge is 2.05. The topological polar surface area (TPSA) is 101 Å². The molecular weight excluding hydrogens is 175 g/mol. The molecule has 0 aliphatic carbocycles. The molecule has 60 valence electrons. The van der Waals surface area contributed by atoms with E-state index >= 15 is 0 Å². The van der Waals surface area contributed by atoms with Gasteiger partial charge in [-0.15, -0.1) is 11.8 Å². The van der Waals surface area contributed by atoms with Crippen LogP contribution in [0.25, 0.3) is 0 Å². The molecule has 1 amide bonds.